The molecule has 1 amide bonds. The maximum atomic E-state index is 11.0. The Balaban J connectivity index is 2.01. The second-order valence-electron chi connectivity index (χ2n) is 5.22. The zero-order valence-corrected chi connectivity index (χ0v) is 12.4. The molecule has 0 aromatic heterocycles. The minimum Gasteiger partial charge on any atom is -0.465 e. The summed E-state index contributed by atoms with van der Waals surface area (Å²) in [6.07, 6.45) is 0.105. The van der Waals surface area contributed by atoms with E-state index in [0.29, 0.717) is 31.7 Å². The molecule has 0 saturated carbocycles. The van der Waals surface area contributed by atoms with Crippen LogP contribution < -0.4 is 0 Å². The first-order valence-corrected chi connectivity index (χ1v) is 7.77. The van der Waals surface area contributed by atoms with Crippen molar-refractivity contribution < 1.29 is 14.8 Å². The summed E-state index contributed by atoms with van der Waals surface area (Å²) in [5, 5.41) is 19.9. The van der Waals surface area contributed by atoms with E-state index < -0.39 is 10.8 Å². The highest BCUT2D eigenvalue weighted by Crippen LogP contribution is 2.38. The molecule has 2 rings (SSSR count). The van der Waals surface area contributed by atoms with Gasteiger partial charge in [-0.2, -0.15) is 0 Å². The molecular weight excluding hydrogens is 292 g/mol. The normalized spacial score (nSPS) is 17.4. The zero-order chi connectivity index (χ0) is 15.3. The molecule has 1 N–H and O–H groups in total. The number of carboxylic acid groups (broad SMARTS) is 1. The smallest absolute Gasteiger partial charge is 0.407 e. The Labute approximate surface area is 127 Å². The number of rotatable bonds is 5. The van der Waals surface area contributed by atoms with Crippen LogP contribution in [-0.2, 0) is 5.75 Å². The highest BCUT2D eigenvalue weighted by Gasteiger charge is 2.40. The highest BCUT2D eigenvalue weighted by molar-refractivity contribution is 7.99. The van der Waals surface area contributed by atoms with Crippen molar-refractivity contribution in [3.63, 3.8) is 0 Å². The predicted octanol–water partition coefficient (Wildman–Crippen LogP) is 2.71. The fourth-order valence-electron chi connectivity index (χ4n) is 2.50. The van der Waals surface area contributed by atoms with Crippen molar-refractivity contribution in [2.45, 2.75) is 23.3 Å². The van der Waals surface area contributed by atoms with E-state index in [1.54, 1.807) is 11.8 Å². The number of thioether (sulfide) groups is 1. The molecule has 0 radical (unpaired) electrons. The molecule has 1 aromatic carbocycles. The van der Waals surface area contributed by atoms with E-state index >= 15 is 0 Å². The average Bonchev–Trinajstić information content (AvgIpc) is 2.46. The van der Waals surface area contributed by atoms with E-state index in [4.69, 9.17) is 5.11 Å². The van der Waals surface area contributed by atoms with Gasteiger partial charge in [-0.25, -0.2) is 4.79 Å². The minimum atomic E-state index is -0.947. The van der Waals surface area contributed by atoms with E-state index in [-0.39, 0.29) is 11.5 Å². The summed E-state index contributed by atoms with van der Waals surface area (Å²) in [6.45, 7) is 0.619. The fourth-order valence-corrected chi connectivity index (χ4v) is 3.83. The highest BCUT2D eigenvalue weighted by atomic mass is 32.2. The van der Waals surface area contributed by atoms with Gasteiger partial charge in [0.1, 0.15) is 0 Å². The third kappa shape index (κ3) is 4.35. The summed E-state index contributed by atoms with van der Waals surface area (Å²) < 4.78 is -0.467. The second-order valence-corrected chi connectivity index (χ2v) is 6.66. The second kappa shape index (κ2) is 6.80. The van der Waals surface area contributed by atoms with Crippen LogP contribution in [0, 0.1) is 10.1 Å². The lowest BCUT2D eigenvalue weighted by Crippen LogP contribution is -2.47. The van der Waals surface area contributed by atoms with Crippen LogP contribution in [0.5, 0.6) is 0 Å². The summed E-state index contributed by atoms with van der Waals surface area (Å²) >= 11 is 1.58. The lowest BCUT2D eigenvalue weighted by Gasteiger charge is -2.37. The van der Waals surface area contributed by atoms with Crippen molar-refractivity contribution in [2.75, 3.05) is 19.6 Å². The molecule has 1 aromatic rings. The molecule has 7 heteroatoms. The molecule has 21 heavy (non-hydrogen) atoms. The SMILES string of the molecule is O=C(O)N1CCC(C[N+](=O)[O-])(SCc2ccccc2)CC1. The Morgan fingerprint density at radius 2 is 1.95 bits per heavy atom. The third-order valence-corrected chi connectivity index (χ3v) is 5.38. The number of piperidine rings is 1. The number of benzene rings is 1. The van der Waals surface area contributed by atoms with Crippen LogP contribution in [0.4, 0.5) is 4.79 Å². The molecule has 1 heterocycles. The van der Waals surface area contributed by atoms with E-state index in [0.717, 1.165) is 5.56 Å². The van der Waals surface area contributed by atoms with Crippen molar-refractivity contribution in [1.29, 1.82) is 0 Å². The Kier molecular flexibility index (Phi) is 5.06. The lowest BCUT2D eigenvalue weighted by atomic mass is 9.96. The van der Waals surface area contributed by atoms with Crippen LogP contribution in [-0.4, -0.2) is 45.4 Å². The molecule has 1 aliphatic heterocycles. The lowest BCUT2D eigenvalue weighted by molar-refractivity contribution is -0.485. The Bertz CT molecular complexity index is 501. The number of hydrogen-bond acceptors (Lipinski definition) is 4. The van der Waals surface area contributed by atoms with Crippen LogP contribution in [0.2, 0.25) is 0 Å². The quantitative estimate of drug-likeness (QED) is 0.668. The summed E-state index contributed by atoms with van der Waals surface area (Å²) in [6, 6.07) is 9.83. The molecule has 0 bridgehead atoms. The largest absolute Gasteiger partial charge is 0.465 e. The maximum absolute atomic E-state index is 11.0. The molecule has 1 aliphatic rings. The van der Waals surface area contributed by atoms with Crippen molar-refractivity contribution in [2.24, 2.45) is 0 Å². The summed E-state index contributed by atoms with van der Waals surface area (Å²) in [7, 11) is 0. The van der Waals surface area contributed by atoms with Crippen LogP contribution in [0.25, 0.3) is 0 Å². The van der Waals surface area contributed by atoms with Crippen LogP contribution in [0.15, 0.2) is 30.3 Å². The average molecular weight is 310 g/mol. The molecule has 0 unspecified atom stereocenters. The maximum Gasteiger partial charge on any atom is 0.407 e. The summed E-state index contributed by atoms with van der Waals surface area (Å²) in [5.74, 6) is 0.710. The van der Waals surface area contributed by atoms with Gasteiger partial charge in [0.25, 0.3) is 0 Å². The third-order valence-electron chi connectivity index (χ3n) is 3.75. The predicted molar refractivity (Wildman–Crippen MR) is 81.2 cm³/mol. The van der Waals surface area contributed by atoms with Crippen molar-refractivity contribution in [3.8, 4) is 0 Å². The van der Waals surface area contributed by atoms with Gasteiger partial charge in [-0.1, -0.05) is 30.3 Å². The Hall–Kier alpha value is -1.76. The first-order valence-electron chi connectivity index (χ1n) is 6.78. The van der Waals surface area contributed by atoms with Crippen molar-refractivity contribution >= 4 is 17.9 Å². The van der Waals surface area contributed by atoms with Crippen molar-refractivity contribution in [1.82, 2.24) is 4.90 Å². The number of amides is 1. The first-order chi connectivity index (χ1) is 10.0. The van der Waals surface area contributed by atoms with E-state index in [9.17, 15) is 14.9 Å². The molecule has 0 spiro atoms. The molecule has 1 fully saturated rings. The number of carbonyl (C=O) groups is 1. The molecular formula is C14H18N2O4S. The number of nitro groups is 1. The summed E-state index contributed by atoms with van der Waals surface area (Å²) in [4.78, 5) is 23.0. The standard InChI is InChI=1S/C14H18N2O4S/c17-13(18)15-8-6-14(7-9-15,11-16(19)20)21-10-12-4-2-1-3-5-12/h1-5H,6-11H2,(H,17,18). The van der Waals surface area contributed by atoms with Gasteiger partial charge in [0, 0.05) is 23.8 Å². The Morgan fingerprint density at radius 1 is 1.33 bits per heavy atom. The minimum absolute atomic E-state index is 0.113. The zero-order valence-electron chi connectivity index (χ0n) is 11.6. The van der Waals surface area contributed by atoms with Gasteiger partial charge in [-0.15, -0.1) is 11.8 Å². The molecule has 114 valence electrons. The van der Waals surface area contributed by atoms with Gasteiger partial charge in [0.05, 0.1) is 4.75 Å². The summed E-state index contributed by atoms with van der Waals surface area (Å²) in [5.41, 5.74) is 1.13. The number of hydrogen-bond donors (Lipinski definition) is 1. The van der Waals surface area contributed by atoms with E-state index in [1.807, 2.05) is 30.3 Å². The van der Waals surface area contributed by atoms with Gasteiger partial charge >= 0.3 is 6.09 Å². The molecule has 0 atom stereocenters. The molecule has 0 aliphatic carbocycles. The van der Waals surface area contributed by atoms with Crippen molar-refractivity contribution in [3.05, 3.63) is 46.0 Å². The monoisotopic (exact) mass is 310 g/mol. The van der Waals surface area contributed by atoms with Gasteiger partial charge in [0.2, 0.25) is 6.54 Å². The van der Waals surface area contributed by atoms with Crippen LogP contribution in [0.3, 0.4) is 0 Å². The molecule has 1 saturated heterocycles. The van der Waals surface area contributed by atoms with Gasteiger partial charge in [-0.05, 0) is 18.4 Å². The topological polar surface area (TPSA) is 83.7 Å². The van der Waals surface area contributed by atoms with Gasteiger partial charge in [0.15, 0.2) is 0 Å². The van der Waals surface area contributed by atoms with Gasteiger partial charge in [-0.3, -0.25) is 10.1 Å². The van der Waals surface area contributed by atoms with Crippen LogP contribution >= 0.6 is 11.8 Å². The van der Waals surface area contributed by atoms with E-state index in [2.05, 4.69) is 0 Å². The fraction of sp³-hybridized carbons (Fsp3) is 0.500. The van der Waals surface area contributed by atoms with Gasteiger partial charge < -0.3 is 10.0 Å². The molecule has 6 nitrogen and oxygen atoms in total. The first kappa shape index (κ1) is 15.6. The van der Waals surface area contributed by atoms with E-state index in [1.165, 1.54) is 4.90 Å². The number of nitrogens with zero attached hydrogens (tertiary/aromatic N) is 2. The number of likely N-dealkylation sites (tertiary alicyclic amines) is 1. The Morgan fingerprint density at radius 3 is 2.48 bits per heavy atom. The van der Waals surface area contributed by atoms with Crippen LogP contribution in [0.1, 0.15) is 18.4 Å².